The molecular formula is C23H29NO2. The second kappa shape index (κ2) is 7.94. The van der Waals surface area contributed by atoms with Gasteiger partial charge in [0.2, 0.25) is 0 Å². The lowest BCUT2D eigenvalue weighted by atomic mass is 9.91. The lowest BCUT2D eigenvalue weighted by molar-refractivity contribution is -0.123. The highest BCUT2D eigenvalue weighted by molar-refractivity contribution is 5.78. The number of rotatable bonds is 5. The smallest absolute Gasteiger partial charge is 0.258 e. The zero-order chi connectivity index (χ0) is 18.7. The third-order valence-corrected chi connectivity index (χ3v) is 5.44. The van der Waals surface area contributed by atoms with Crippen molar-refractivity contribution in [3.05, 3.63) is 63.7 Å². The molecule has 0 unspecified atom stereocenters. The van der Waals surface area contributed by atoms with E-state index in [1.807, 2.05) is 19.1 Å². The molecule has 3 heteroatoms. The van der Waals surface area contributed by atoms with Crippen LogP contribution in [0, 0.1) is 20.8 Å². The van der Waals surface area contributed by atoms with Crippen molar-refractivity contribution in [3.8, 4) is 5.75 Å². The lowest BCUT2D eigenvalue weighted by Crippen LogP contribution is -2.31. The van der Waals surface area contributed by atoms with Gasteiger partial charge in [0.05, 0.1) is 6.04 Å². The van der Waals surface area contributed by atoms with Crippen molar-refractivity contribution < 1.29 is 9.53 Å². The molecule has 0 heterocycles. The predicted molar refractivity (Wildman–Crippen MR) is 106 cm³/mol. The van der Waals surface area contributed by atoms with Gasteiger partial charge in [0, 0.05) is 0 Å². The normalized spacial score (nSPS) is 14.5. The van der Waals surface area contributed by atoms with Gasteiger partial charge in [-0.2, -0.15) is 0 Å². The van der Waals surface area contributed by atoms with Crippen molar-refractivity contribution in [1.82, 2.24) is 5.32 Å². The molecule has 3 rings (SSSR count). The second-order valence-electron chi connectivity index (χ2n) is 7.47. The third-order valence-electron chi connectivity index (χ3n) is 5.44. The third kappa shape index (κ3) is 4.09. The molecule has 0 saturated heterocycles. The topological polar surface area (TPSA) is 38.3 Å². The van der Waals surface area contributed by atoms with Gasteiger partial charge in [-0.1, -0.05) is 24.3 Å². The van der Waals surface area contributed by atoms with E-state index in [4.69, 9.17) is 4.74 Å². The molecule has 0 saturated carbocycles. The standard InChI is InChI=1S/C23H29NO2/c1-15-12-17(3)21(13-16(15)2)18(4)24-23(25)14-26-22-11-7-9-19-8-5-6-10-20(19)22/h7,9,11-13,18H,5-6,8,10,14H2,1-4H3,(H,24,25)/t18-/m1/s1. The van der Waals surface area contributed by atoms with Gasteiger partial charge in [0.1, 0.15) is 5.75 Å². The zero-order valence-corrected chi connectivity index (χ0v) is 16.3. The predicted octanol–water partition coefficient (Wildman–Crippen LogP) is 4.75. The van der Waals surface area contributed by atoms with Crippen LogP contribution in [-0.2, 0) is 17.6 Å². The zero-order valence-electron chi connectivity index (χ0n) is 16.3. The average Bonchev–Trinajstić information content (AvgIpc) is 2.62. The van der Waals surface area contributed by atoms with Crippen molar-refractivity contribution in [2.45, 2.75) is 59.4 Å². The van der Waals surface area contributed by atoms with Gasteiger partial charge >= 0.3 is 0 Å². The molecule has 0 spiro atoms. The van der Waals surface area contributed by atoms with Crippen molar-refractivity contribution in [1.29, 1.82) is 0 Å². The van der Waals surface area contributed by atoms with Crippen LogP contribution in [0.25, 0.3) is 0 Å². The summed E-state index contributed by atoms with van der Waals surface area (Å²) in [6.45, 7) is 8.40. The Kier molecular flexibility index (Phi) is 5.65. The second-order valence-corrected chi connectivity index (χ2v) is 7.47. The fourth-order valence-electron chi connectivity index (χ4n) is 3.84. The summed E-state index contributed by atoms with van der Waals surface area (Å²) in [6.07, 6.45) is 4.60. The first-order chi connectivity index (χ1) is 12.5. The molecular weight excluding hydrogens is 322 g/mol. The Labute approximate surface area is 156 Å². The summed E-state index contributed by atoms with van der Waals surface area (Å²) in [5.41, 5.74) is 7.55. The van der Waals surface area contributed by atoms with Crippen LogP contribution in [0.15, 0.2) is 30.3 Å². The van der Waals surface area contributed by atoms with E-state index < -0.39 is 0 Å². The lowest BCUT2D eigenvalue weighted by Gasteiger charge is -2.21. The summed E-state index contributed by atoms with van der Waals surface area (Å²) >= 11 is 0. The van der Waals surface area contributed by atoms with Crippen molar-refractivity contribution in [2.75, 3.05) is 6.61 Å². The van der Waals surface area contributed by atoms with Gasteiger partial charge in [-0.15, -0.1) is 0 Å². The Morgan fingerprint density at radius 2 is 1.81 bits per heavy atom. The molecule has 1 aliphatic rings. The minimum Gasteiger partial charge on any atom is -0.483 e. The summed E-state index contributed by atoms with van der Waals surface area (Å²) in [4.78, 5) is 12.4. The first-order valence-corrected chi connectivity index (χ1v) is 9.56. The summed E-state index contributed by atoms with van der Waals surface area (Å²) in [7, 11) is 0. The minimum atomic E-state index is -0.0801. The molecule has 3 nitrogen and oxygen atoms in total. The van der Waals surface area contributed by atoms with E-state index in [0.29, 0.717) is 0 Å². The Bertz CT molecular complexity index is 810. The fourth-order valence-corrected chi connectivity index (χ4v) is 3.84. The van der Waals surface area contributed by atoms with Crippen LogP contribution >= 0.6 is 0 Å². The van der Waals surface area contributed by atoms with Gasteiger partial charge in [-0.05, 0) is 92.8 Å². The number of nitrogens with one attached hydrogen (secondary N) is 1. The Morgan fingerprint density at radius 3 is 2.62 bits per heavy atom. The maximum absolute atomic E-state index is 12.4. The number of hydrogen-bond acceptors (Lipinski definition) is 2. The van der Waals surface area contributed by atoms with E-state index in [-0.39, 0.29) is 18.6 Å². The molecule has 1 N–H and O–H groups in total. The summed E-state index contributed by atoms with van der Waals surface area (Å²) in [5.74, 6) is 0.788. The molecule has 2 aromatic carbocycles. The monoisotopic (exact) mass is 351 g/mol. The van der Waals surface area contributed by atoms with E-state index >= 15 is 0 Å². The van der Waals surface area contributed by atoms with Gasteiger partial charge < -0.3 is 10.1 Å². The fraction of sp³-hybridized carbons (Fsp3) is 0.435. The summed E-state index contributed by atoms with van der Waals surface area (Å²) < 4.78 is 5.86. The van der Waals surface area contributed by atoms with Gasteiger partial charge in [-0.25, -0.2) is 0 Å². The molecule has 1 amide bonds. The highest BCUT2D eigenvalue weighted by Crippen LogP contribution is 2.29. The van der Waals surface area contributed by atoms with Crippen LogP contribution in [0.4, 0.5) is 0 Å². The SMILES string of the molecule is Cc1cc(C)c([C@@H](C)NC(=O)COc2cccc3c2CCCC3)cc1C. The molecule has 138 valence electrons. The van der Waals surface area contributed by atoms with E-state index in [2.05, 4.69) is 44.3 Å². The first kappa shape index (κ1) is 18.5. The largest absolute Gasteiger partial charge is 0.483 e. The Hall–Kier alpha value is -2.29. The van der Waals surface area contributed by atoms with Crippen molar-refractivity contribution in [2.24, 2.45) is 0 Å². The van der Waals surface area contributed by atoms with E-state index in [0.717, 1.165) is 18.6 Å². The summed E-state index contributed by atoms with van der Waals surface area (Å²) in [5, 5.41) is 3.07. The number of hydrogen-bond donors (Lipinski definition) is 1. The number of amides is 1. The van der Waals surface area contributed by atoms with E-state index in [1.165, 1.54) is 46.2 Å². The van der Waals surface area contributed by atoms with Crippen molar-refractivity contribution >= 4 is 5.91 Å². The number of aryl methyl sites for hydroxylation is 4. The quantitative estimate of drug-likeness (QED) is 0.844. The molecule has 1 atom stereocenters. The number of carbonyl (C=O) groups is 1. The maximum atomic E-state index is 12.4. The number of carbonyl (C=O) groups excluding carboxylic acids is 1. The molecule has 0 fully saturated rings. The molecule has 0 bridgehead atoms. The van der Waals surface area contributed by atoms with Gasteiger partial charge in [-0.3, -0.25) is 4.79 Å². The maximum Gasteiger partial charge on any atom is 0.258 e. The van der Waals surface area contributed by atoms with Crippen LogP contribution in [0.3, 0.4) is 0 Å². The van der Waals surface area contributed by atoms with Crippen LogP contribution in [0.1, 0.15) is 59.2 Å². The van der Waals surface area contributed by atoms with Gasteiger partial charge in [0.15, 0.2) is 6.61 Å². The molecule has 1 aliphatic carbocycles. The minimum absolute atomic E-state index is 0.0323. The van der Waals surface area contributed by atoms with Gasteiger partial charge in [0.25, 0.3) is 5.91 Å². The van der Waals surface area contributed by atoms with E-state index in [1.54, 1.807) is 0 Å². The van der Waals surface area contributed by atoms with Crippen LogP contribution in [0.2, 0.25) is 0 Å². The van der Waals surface area contributed by atoms with Crippen LogP contribution in [0.5, 0.6) is 5.75 Å². The van der Waals surface area contributed by atoms with Crippen molar-refractivity contribution in [3.63, 3.8) is 0 Å². The van der Waals surface area contributed by atoms with Crippen LogP contribution < -0.4 is 10.1 Å². The highest BCUT2D eigenvalue weighted by atomic mass is 16.5. The molecule has 0 aliphatic heterocycles. The average molecular weight is 351 g/mol. The number of ether oxygens (including phenoxy) is 1. The molecule has 0 aromatic heterocycles. The number of benzene rings is 2. The molecule has 0 radical (unpaired) electrons. The molecule has 2 aromatic rings. The molecule has 26 heavy (non-hydrogen) atoms. The number of fused-ring (bicyclic) bond motifs is 1. The van der Waals surface area contributed by atoms with E-state index in [9.17, 15) is 4.79 Å². The Morgan fingerprint density at radius 1 is 1.08 bits per heavy atom. The first-order valence-electron chi connectivity index (χ1n) is 9.56. The summed E-state index contributed by atoms with van der Waals surface area (Å²) in [6, 6.07) is 10.5. The Balaban J connectivity index is 1.62. The highest BCUT2D eigenvalue weighted by Gasteiger charge is 2.16. The van der Waals surface area contributed by atoms with Crippen LogP contribution in [-0.4, -0.2) is 12.5 Å².